The highest BCUT2D eigenvalue weighted by Gasteiger charge is 2.30. The highest BCUT2D eigenvalue weighted by atomic mass is 35.5. The minimum absolute atomic E-state index is 0.0641. The molecule has 0 bridgehead atoms. The summed E-state index contributed by atoms with van der Waals surface area (Å²) in [6, 6.07) is 9.63. The van der Waals surface area contributed by atoms with Crippen LogP contribution in [0.4, 0.5) is 26.3 Å². The second-order valence-electron chi connectivity index (χ2n) is 9.82. The fourth-order valence-electron chi connectivity index (χ4n) is 3.57. The number of carbonyl (C=O) groups is 4. The third-order valence-corrected chi connectivity index (χ3v) is 6.49. The number of rotatable bonds is 11. The zero-order valence-corrected chi connectivity index (χ0v) is 27.2. The highest BCUT2D eigenvalue weighted by Crippen LogP contribution is 2.30. The molecule has 1 amide bonds. The summed E-state index contributed by atoms with van der Waals surface area (Å²) in [7, 11) is 0. The maximum atomic E-state index is 12.5. The van der Waals surface area contributed by atoms with Crippen molar-refractivity contribution in [3.8, 4) is 0 Å². The first kappa shape index (κ1) is 41.6. The molecule has 3 rings (SSSR count). The number of carbonyl (C=O) groups excluding carboxylic acids is 4. The number of Topliss-reactive ketones (excluding diaryl/α,β-unsaturated/α-hetero) is 1. The first-order chi connectivity index (χ1) is 22.3. The van der Waals surface area contributed by atoms with E-state index in [9.17, 15) is 45.5 Å². The predicted octanol–water partition coefficient (Wildman–Crippen LogP) is 6.83. The van der Waals surface area contributed by atoms with Gasteiger partial charge in [-0.1, -0.05) is 24.3 Å². The number of amides is 1. The van der Waals surface area contributed by atoms with Crippen molar-refractivity contribution < 1.29 is 59.4 Å². The van der Waals surface area contributed by atoms with Crippen molar-refractivity contribution in [2.75, 3.05) is 13.2 Å². The predicted molar refractivity (Wildman–Crippen MR) is 162 cm³/mol. The number of primary amides is 1. The van der Waals surface area contributed by atoms with Crippen molar-refractivity contribution in [1.82, 2.24) is 4.98 Å². The lowest BCUT2D eigenvalue weighted by Gasteiger charge is -2.07. The molecule has 9 nitrogen and oxygen atoms in total. The van der Waals surface area contributed by atoms with Crippen LogP contribution < -0.4 is 5.73 Å². The fraction of sp³-hybridized carbons (Fsp3) is 0.406. The zero-order chi connectivity index (χ0) is 36.7. The van der Waals surface area contributed by atoms with E-state index in [1.165, 1.54) is 31.2 Å². The number of oxazole rings is 1. The van der Waals surface area contributed by atoms with Crippen LogP contribution in [0.25, 0.3) is 0 Å². The van der Waals surface area contributed by atoms with Crippen molar-refractivity contribution in [2.24, 2.45) is 5.73 Å². The number of ketones is 1. The quantitative estimate of drug-likeness (QED) is 0.0990. The van der Waals surface area contributed by atoms with Gasteiger partial charge >= 0.3 is 24.3 Å². The Bertz CT molecular complexity index is 1490. The van der Waals surface area contributed by atoms with Gasteiger partial charge in [-0.05, 0) is 75.9 Å². The smallest absolute Gasteiger partial charge is 0.416 e. The molecular weight excluding hydrogens is 674 g/mol. The van der Waals surface area contributed by atoms with Crippen LogP contribution in [0.1, 0.15) is 71.6 Å². The number of halogens is 7. The van der Waals surface area contributed by atoms with Gasteiger partial charge in [-0.2, -0.15) is 26.3 Å². The van der Waals surface area contributed by atoms with Crippen molar-refractivity contribution >= 4 is 35.2 Å². The topological polar surface area (TPSA) is 139 Å². The third-order valence-electron chi connectivity index (χ3n) is 6.00. The molecule has 16 heteroatoms. The molecule has 3 aromatic rings. The summed E-state index contributed by atoms with van der Waals surface area (Å²) in [5.74, 6) is -1.68. The Balaban J connectivity index is 0.000000396. The molecule has 1 heterocycles. The molecule has 264 valence electrons. The van der Waals surface area contributed by atoms with Crippen molar-refractivity contribution in [3.63, 3.8) is 0 Å². The molecule has 1 aromatic heterocycles. The monoisotopic (exact) mass is 708 g/mol. The molecule has 0 spiro atoms. The number of aryl methyl sites for hydroxylation is 4. The van der Waals surface area contributed by atoms with Gasteiger partial charge in [0.15, 0.2) is 17.1 Å². The normalized spacial score (nSPS) is 11.6. The Hall–Kier alpha value is -4.40. The maximum Gasteiger partial charge on any atom is 0.416 e. The Kier molecular flexibility index (Phi) is 16.8. The van der Waals surface area contributed by atoms with Gasteiger partial charge in [0.05, 0.1) is 30.0 Å². The minimum Gasteiger partial charge on any atom is -0.465 e. The molecular formula is C32H35ClF6N2O7. The number of nitrogens with two attached hydrogens (primary N) is 1. The summed E-state index contributed by atoms with van der Waals surface area (Å²) >= 11 is 5.32. The van der Waals surface area contributed by atoms with Gasteiger partial charge in [0, 0.05) is 12.8 Å². The average molecular weight is 709 g/mol. The van der Waals surface area contributed by atoms with Gasteiger partial charge in [-0.15, -0.1) is 11.6 Å². The second kappa shape index (κ2) is 19.4. The molecule has 0 aliphatic rings. The summed E-state index contributed by atoms with van der Waals surface area (Å²) in [6.45, 7) is 6.71. The number of alkyl halides is 7. The van der Waals surface area contributed by atoms with Crippen LogP contribution in [0.3, 0.4) is 0 Å². The van der Waals surface area contributed by atoms with Crippen LogP contribution in [0, 0.1) is 6.92 Å². The van der Waals surface area contributed by atoms with Gasteiger partial charge in [-0.3, -0.25) is 9.59 Å². The third kappa shape index (κ3) is 15.0. The van der Waals surface area contributed by atoms with Gasteiger partial charge in [0.2, 0.25) is 11.7 Å². The van der Waals surface area contributed by atoms with Crippen LogP contribution in [0.2, 0.25) is 0 Å². The van der Waals surface area contributed by atoms with Crippen LogP contribution in [0.15, 0.2) is 52.9 Å². The Morgan fingerprint density at radius 2 is 1.27 bits per heavy atom. The minimum atomic E-state index is -4.34. The number of nitrogens with zero attached hydrogens (tertiary/aromatic N) is 1. The molecule has 0 aliphatic heterocycles. The Morgan fingerprint density at radius 1 is 0.812 bits per heavy atom. The zero-order valence-electron chi connectivity index (χ0n) is 26.5. The number of ether oxygens (including phenoxy) is 2. The van der Waals surface area contributed by atoms with Crippen LogP contribution >= 0.6 is 11.6 Å². The van der Waals surface area contributed by atoms with E-state index in [1.54, 1.807) is 20.8 Å². The second-order valence-corrected chi connectivity index (χ2v) is 10.3. The van der Waals surface area contributed by atoms with Crippen LogP contribution in [-0.2, 0) is 55.5 Å². The lowest BCUT2D eigenvalue weighted by atomic mass is 10.1. The molecule has 0 saturated carbocycles. The van der Waals surface area contributed by atoms with E-state index in [-0.39, 0.29) is 31.2 Å². The largest absolute Gasteiger partial charge is 0.465 e. The lowest BCUT2D eigenvalue weighted by Crippen LogP contribution is -2.24. The van der Waals surface area contributed by atoms with Gasteiger partial charge in [0.25, 0.3) is 0 Å². The first-order valence-corrected chi connectivity index (χ1v) is 14.8. The van der Waals surface area contributed by atoms with Crippen LogP contribution in [-0.4, -0.2) is 47.2 Å². The van der Waals surface area contributed by atoms with E-state index >= 15 is 0 Å². The highest BCUT2D eigenvalue weighted by molar-refractivity contribution is 6.40. The Labute approximate surface area is 277 Å². The summed E-state index contributed by atoms with van der Waals surface area (Å²) in [5, 5.41) is -1.14. The molecule has 1 atom stereocenters. The van der Waals surface area contributed by atoms with Gasteiger partial charge in [-0.25, -0.2) is 14.6 Å². The molecule has 0 fully saturated rings. The maximum absolute atomic E-state index is 12.5. The molecule has 2 aromatic carbocycles. The van der Waals surface area contributed by atoms with Crippen molar-refractivity contribution in [1.29, 1.82) is 0 Å². The summed E-state index contributed by atoms with van der Waals surface area (Å²) in [5.41, 5.74) is 5.38. The van der Waals surface area contributed by atoms with E-state index in [4.69, 9.17) is 26.5 Å². The standard InChI is InChI=1S/C16H16F3NO3.C10H10F3NO.C6H9ClO3/c1-3-22-15(21)14-10(2)20-13(23-14)9-6-11-4-7-12(8-5-11)16(17,18)19;11-10(12,13)8-4-1-7(2-5-8)3-6-9(14)15;1-3-10-6(9)5(7)4(2)8/h4-5,7-8H,3,6,9H2,1-2H3;1-2,4-5H,3,6H2,(H2,14,15);5H,3H2,1-2H3. The molecule has 0 saturated heterocycles. The SMILES string of the molecule is CCOC(=O)C(Cl)C(C)=O.CCOC(=O)c1oc(CCc2ccc(C(F)(F)F)cc2)nc1C.NC(=O)CCc1ccc(C(F)(F)F)cc1. The van der Waals surface area contributed by atoms with Crippen LogP contribution in [0.5, 0.6) is 0 Å². The van der Waals surface area contributed by atoms with Crippen molar-refractivity contribution in [3.05, 3.63) is 88.1 Å². The number of aromatic nitrogens is 1. The van der Waals surface area contributed by atoms with E-state index in [2.05, 4.69) is 9.72 Å². The van der Waals surface area contributed by atoms with Gasteiger partial charge in [0.1, 0.15) is 0 Å². The number of benzene rings is 2. The molecule has 1 unspecified atom stereocenters. The number of esters is 2. The molecule has 48 heavy (non-hydrogen) atoms. The number of hydrogen-bond donors (Lipinski definition) is 1. The summed E-state index contributed by atoms with van der Waals surface area (Å²) < 4.78 is 88.6. The summed E-state index contributed by atoms with van der Waals surface area (Å²) in [6.07, 6.45) is -7.31. The van der Waals surface area contributed by atoms with E-state index in [0.29, 0.717) is 36.4 Å². The molecule has 2 N–H and O–H groups in total. The lowest BCUT2D eigenvalue weighted by molar-refractivity contribution is -0.145. The summed E-state index contributed by atoms with van der Waals surface area (Å²) in [4.78, 5) is 47.2. The van der Waals surface area contributed by atoms with Gasteiger partial charge < -0.3 is 19.6 Å². The molecule has 0 aliphatic carbocycles. The number of hydrogen-bond acceptors (Lipinski definition) is 8. The average Bonchev–Trinajstić information content (AvgIpc) is 3.39. The van der Waals surface area contributed by atoms with E-state index in [0.717, 1.165) is 29.8 Å². The van der Waals surface area contributed by atoms with E-state index in [1.807, 2.05) is 0 Å². The Morgan fingerprint density at radius 3 is 1.67 bits per heavy atom. The first-order valence-electron chi connectivity index (χ1n) is 14.3. The van der Waals surface area contributed by atoms with E-state index < -0.39 is 46.7 Å². The fourth-order valence-corrected chi connectivity index (χ4v) is 3.63. The molecule has 0 radical (unpaired) electrons. The van der Waals surface area contributed by atoms with Crippen molar-refractivity contribution in [2.45, 2.75) is 71.1 Å².